The Kier molecular flexibility index (Phi) is 3.94. The quantitative estimate of drug-likeness (QED) is 0.855. The Morgan fingerprint density at radius 3 is 2.88 bits per heavy atom. The van der Waals surface area contributed by atoms with Crippen molar-refractivity contribution in [1.82, 2.24) is 4.98 Å². The van der Waals surface area contributed by atoms with Crippen LogP contribution in [0.15, 0.2) is 18.3 Å². The van der Waals surface area contributed by atoms with Gasteiger partial charge in [-0.2, -0.15) is 5.26 Å². The summed E-state index contributed by atoms with van der Waals surface area (Å²) in [5.74, 6) is 1.58. The van der Waals surface area contributed by atoms with Crippen LogP contribution in [0.5, 0.6) is 0 Å². The van der Waals surface area contributed by atoms with E-state index < -0.39 is 0 Å². The number of piperidine rings is 1. The van der Waals surface area contributed by atoms with Crippen LogP contribution in [0.3, 0.4) is 0 Å². The number of nitriles is 1. The lowest BCUT2D eigenvalue weighted by Gasteiger charge is -2.33. The van der Waals surface area contributed by atoms with Gasteiger partial charge in [-0.3, -0.25) is 0 Å². The first-order valence-electron chi connectivity index (χ1n) is 6.15. The Labute approximate surface area is 102 Å². The van der Waals surface area contributed by atoms with E-state index >= 15 is 0 Å². The maximum atomic E-state index is 9.05. The highest BCUT2D eigenvalue weighted by Crippen LogP contribution is 2.25. The molecular weight excluding hydrogens is 212 g/mol. The number of hydrogen-bond acceptors (Lipinski definition) is 4. The van der Waals surface area contributed by atoms with Gasteiger partial charge in [0, 0.05) is 19.3 Å². The smallest absolute Gasteiger partial charge is 0.146 e. The molecule has 2 N–H and O–H groups in total. The fourth-order valence-electron chi connectivity index (χ4n) is 2.41. The van der Waals surface area contributed by atoms with Crippen molar-refractivity contribution in [2.24, 2.45) is 11.7 Å². The first-order valence-corrected chi connectivity index (χ1v) is 6.15. The topological polar surface area (TPSA) is 65.9 Å². The van der Waals surface area contributed by atoms with E-state index in [0.717, 1.165) is 50.6 Å². The average Bonchev–Trinajstić information content (AvgIpc) is 2.40. The van der Waals surface area contributed by atoms with Crippen LogP contribution in [0.4, 0.5) is 5.82 Å². The van der Waals surface area contributed by atoms with Gasteiger partial charge in [-0.15, -0.1) is 0 Å². The standard InChI is InChI=1S/C13H18N4/c14-6-3-11-4-8-17(9-5-11)13-12(10-15)2-1-7-16-13/h1-2,7,11H,3-6,8-9,14H2. The average molecular weight is 230 g/mol. The zero-order valence-electron chi connectivity index (χ0n) is 9.97. The van der Waals surface area contributed by atoms with Crippen molar-refractivity contribution in [3.05, 3.63) is 23.9 Å². The number of anilines is 1. The predicted molar refractivity (Wildman–Crippen MR) is 67.6 cm³/mol. The molecule has 90 valence electrons. The molecule has 1 aromatic rings. The molecular formula is C13H18N4. The Morgan fingerprint density at radius 2 is 2.24 bits per heavy atom. The van der Waals surface area contributed by atoms with Crippen molar-refractivity contribution >= 4 is 5.82 Å². The summed E-state index contributed by atoms with van der Waals surface area (Å²) in [6, 6.07) is 5.84. The second-order valence-electron chi connectivity index (χ2n) is 4.49. The van der Waals surface area contributed by atoms with Gasteiger partial charge in [0.25, 0.3) is 0 Å². The van der Waals surface area contributed by atoms with Crippen molar-refractivity contribution < 1.29 is 0 Å². The third kappa shape index (κ3) is 2.75. The van der Waals surface area contributed by atoms with Crippen molar-refractivity contribution in [1.29, 1.82) is 5.26 Å². The molecule has 0 aromatic carbocycles. The summed E-state index contributed by atoms with van der Waals surface area (Å²) in [4.78, 5) is 6.54. The van der Waals surface area contributed by atoms with Crippen LogP contribution in [0, 0.1) is 17.2 Å². The van der Waals surface area contributed by atoms with E-state index in [0.29, 0.717) is 5.56 Å². The molecule has 1 saturated heterocycles. The molecule has 0 spiro atoms. The Morgan fingerprint density at radius 1 is 1.47 bits per heavy atom. The number of hydrogen-bond donors (Lipinski definition) is 1. The molecule has 0 saturated carbocycles. The van der Waals surface area contributed by atoms with Crippen LogP contribution in [0.25, 0.3) is 0 Å². The van der Waals surface area contributed by atoms with E-state index in [-0.39, 0.29) is 0 Å². The molecule has 0 aliphatic carbocycles. The van der Waals surface area contributed by atoms with Crippen molar-refractivity contribution in [2.45, 2.75) is 19.3 Å². The van der Waals surface area contributed by atoms with Gasteiger partial charge >= 0.3 is 0 Å². The molecule has 1 aromatic heterocycles. The van der Waals surface area contributed by atoms with Crippen molar-refractivity contribution in [3.63, 3.8) is 0 Å². The summed E-state index contributed by atoms with van der Waals surface area (Å²) >= 11 is 0. The number of aromatic nitrogens is 1. The van der Waals surface area contributed by atoms with E-state index in [9.17, 15) is 0 Å². The van der Waals surface area contributed by atoms with E-state index in [1.165, 1.54) is 0 Å². The Hall–Kier alpha value is -1.60. The third-order valence-electron chi connectivity index (χ3n) is 3.40. The lowest BCUT2D eigenvalue weighted by molar-refractivity contribution is 0.385. The predicted octanol–water partition coefficient (Wildman–Crippen LogP) is 1.52. The van der Waals surface area contributed by atoms with E-state index in [4.69, 9.17) is 11.0 Å². The highest BCUT2D eigenvalue weighted by Gasteiger charge is 2.21. The molecule has 1 aliphatic heterocycles. The summed E-state index contributed by atoms with van der Waals surface area (Å²) in [7, 11) is 0. The van der Waals surface area contributed by atoms with Crippen molar-refractivity contribution in [3.8, 4) is 6.07 Å². The number of pyridine rings is 1. The van der Waals surface area contributed by atoms with Gasteiger partial charge in [-0.25, -0.2) is 4.98 Å². The highest BCUT2D eigenvalue weighted by atomic mass is 15.2. The molecule has 0 radical (unpaired) electrons. The monoisotopic (exact) mass is 230 g/mol. The molecule has 0 amide bonds. The summed E-state index contributed by atoms with van der Waals surface area (Å²) in [6.45, 7) is 2.74. The molecule has 2 heterocycles. The molecule has 0 atom stereocenters. The summed E-state index contributed by atoms with van der Waals surface area (Å²) < 4.78 is 0. The summed E-state index contributed by atoms with van der Waals surface area (Å²) in [5, 5.41) is 9.05. The molecule has 4 heteroatoms. The minimum atomic E-state index is 0.671. The normalized spacial score (nSPS) is 16.8. The second kappa shape index (κ2) is 5.65. The van der Waals surface area contributed by atoms with Gasteiger partial charge in [-0.1, -0.05) is 0 Å². The minimum Gasteiger partial charge on any atom is -0.356 e. The van der Waals surface area contributed by atoms with Gasteiger partial charge in [0.05, 0.1) is 5.56 Å². The molecule has 17 heavy (non-hydrogen) atoms. The SMILES string of the molecule is N#Cc1cccnc1N1CCC(CCN)CC1. The molecule has 1 fully saturated rings. The van der Waals surface area contributed by atoms with Gasteiger partial charge in [0.1, 0.15) is 11.9 Å². The Balaban J connectivity index is 2.03. The van der Waals surface area contributed by atoms with Gasteiger partial charge in [-0.05, 0) is 43.9 Å². The fraction of sp³-hybridized carbons (Fsp3) is 0.538. The fourth-order valence-corrected chi connectivity index (χ4v) is 2.41. The molecule has 2 rings (SSSR count). The number of nitrogens with two attached hydrogens (primary N) is 1. The third-order valence-corrected chi connectivity index (χ3v) is 3.40. The van der Waals surface area contributed by atoms with Crippen LogP contribution >= 0.6 is 0 Å². The van der Waals surface area contributed by atoms with Gasteiger partial charge in [0.15, 0.2) is 0 Å². The molecule has 4 nitrogen and oxygen atoms in total. The highest BCUT2D eigenvalue weighted by molar-refractivity contribution is 5.53. The van der Waals surface area contributed by atoms with Crippen LogP contribution < -0.4 is 10.6 Å². The number of nitrogens with zero attached hydrogens (tertiary/aromatic N) is 3. The first kappa shape index (κ1) is 11.9. The van der Waals surface area contributed by atoms with Crippen LogP contribution in [-0.2, 0) is 0 Å². The van der Waals surface area contributed by atoms with Gasteiger partial charge in [0.2, 0.25) is 0 Å². The Bertz CT molecular complexity index is 402. The minimum absolute atomic E-state index is 0.671. The molecule has 0 unspecified atom stereocenters. The maximum Gasteiger partial charge on any atom is 0.146 e. The van der Waals surface area contributed by atoms with Gasteiger partial charge < -0.3 is 10.6 Å². The summed E-state index contributed by atoms with van der Waals surface area (Å²) in [6.07, 6.45) is 5.17. The summed E-state index contributed by atoms with van der Waals surface area (Å²) in [5.41, 5.74) is 6.25. The largest absolute Gasteiger partial charge is 0.356 e. The second-order valence-corrected chi connectivity index (χ2v) is 4.49. The number of rotatable bonds is 3. The first-order chi connectivity index (χ1) is 8.35. The van der Waals surface area contributed by atoms with Crippen LogP contribution in [0.2, 0.25) is 0 Å². The van der Waals surface area contributed by atoms with E-state index in [1.54, 1.807) is 6.20 Å². The molecule has 1 aliphatic rings. The lowest BCUT2D eigenvalue weighted by Crippen LogP contribution is -2.35. The zero-order valence-corrected chi connectivity index (χ0v) is 9.97. The van der Waals surface area contributed by atoms with Crippen molar-refractivity contribution in [2.75, 3.05) is 24.5 Å². The van der Waals surface area contributed by atoms with E-state index in [1.807, 2.05) is 12.1 Å². The van der Waals surface area contributed by atoms with Crippen LogP contribution in [0.1, 0.15) is 24.8 Å². The van der Waals surface area contributed by atoms with E-state index in [2.05, 4.69) is 16.0 Å². The zero-order chi connectivity index (χ0) is 12.1. The van der Waals surface area contributed by atoms with Crippen LogP contribution in [-0.4, -0.2) is 24.6 Å². The molecule has 0 bridgehead atoms. The maximum absolute atomic E-state index is 9.05. The lowest BCUT2D eigenvalue weighted by atomic mass is 9.93.